The molecule has 2 bridgehead atoms. The molecular formula is C33H24Cl2N4O7S2. The van der Waals surface area contributed by atoms with E-state index in [4.69, 9.17) is 27.9 Å². The number of amides is 3. The van der Waals surface area contributed by atoms with Gasteiger partial charge in [-0.1, -0.05) is 46.7 Å². The lowest BCUT2D eigenvalue weighted by molar-refractivity contribution is -0.384. The van der Waals surface area contributed by atoms with Gasteiger partial charge in [-0.3, -0.25) is 34.2 Å². The number of carbonyl (C=O) groups excluding carboxylic acids is 3. The van der Waals surface area contributed by atoms with E-state index in [1.807, 2.05) is 18.2 Å². The van der Waals surface area contributed by atoms with Gasteiger partial charge in [0.25, 0.3) is 11.6 Å². The number of imide groups is 1. The number of hydrogen-bond donors (Lipinski definition) is 2. The van der Waals surface area contributed by atoms with Crippen molar-refractivity contribution in [3.63, 3.8) is 0 Å². The highest BCUT2D eigenvalue weighted by Crippen LogP contribution is 2.68. The number of H-pyrrole nitrogens is 1. The van der Waals surface area contributed by atoms with E-state index >= 15 is 0 Å². The molecule has 1 aromatic heterocycles. The Balaban J connectivity index is 1.07. The minimum absolute atomic E-state index is 0.0193. The molecule has 8 rings (SSSR count). The first kappa shape index (κ1) is 31.1. The summed E-state index contributed by atoms with van der Waals surface area (Å²) in [7, 11) is 0. The number of carbonyl (C=O) groups is 3. The number of aromatic nitrogens is 1. The Kier molecular flexibility index (Phi) is 7.62. The monoisotopic (exact) mass is 722 g/mol. The zero-order valence-corrected chi connectivity index (χ0v) is 27.8. The summed E-state index contributed by atoms with van der Waals surface area (Å²) in [4.78, 5) is 68.7. The Morgan fingerprint density at radius 2 is 1.75 bits per heavy atom. The minimum Gasteiger partial charge on any atom is -0.484 e. The molecule has 2 aliphatic heterocycles. The maximum Gasteiger partial charge on any atom is 0.305 e. The van der Waals surface area contributed by atoms with Gasteiger partial charge in [0.15, 0.2) is 6.61 Å². The maximum absolute atomic E-state index is 14.0. The number of rotatable bonds is 7. The molecule has 3 fully saturated rings. The number of nitro benzene ring substituents is 1. The number of ether oxygens (including phenoxy) is 1. The van der Waals surface area contributed by atoms with Crippen molar-refractivity contribution in [2.24, 2.45) is 29.6 Å². The van der Waals surface area contributed by atoms with Crippen LogP contribution in [0, 0.1) is 39.7 Å². The van der Waals surface area contributed by atoms with Crippen molar-refractivity contribution in [2.45, 2.75) is 22.6 Å². The molecule has 3 heterocycles. The molecule has 48 heavy (non-hydrogen) atoms. The first-order chi connectivity index (χ1) is 23.1. The normalized spacial score (nSPS) is 26.6. The molecule has 244 valence electrons. The van der Waals surface area contributed by atoms with Crippen molar-refractivity contribution in [1.82, 2.24) is 4.98 Å². The van der Waals surface area contributed by atoms with Gasteiger partial charge in [0, 0.05) is 33.9 Å². The lowest BCUT2D eigenvalue weighted by Crippen LogP contribution is -2.42. The number of hydrogen-bond acceptors (Lipinski definition) is 9. The topological polar surface area (TPSA) is 152 Å². The number of nitrogens with one attached hydrogen (secondary N) is 2. The molecule has 0 spiro atoms. The Labute approximate surface area is 290 Å². The van der Waals surface area contributed by atoms with Crippen molar-refractivity contribution >= 4 is 81.1 Å². The number of halogens is 2. The molecule has 3 aromatic carbocycles. The molecule has 2 N–H and O–H groups in total. The predicted octanol–water partition coefficient (Wildman–Crippen LogP) is 6.35. The van der Waals surface area contributed by atoms with Gasteiger partial charge in [-0.05, 0) is 72.2 Å². The van der Waals surface area contributed by atoms with Crippen LogP contribution in [0.2, 0.25) is 10.0 Å². The first-order valence-electron chi connectivity index (χ1n) is 15.1. The van der Waals surface area contributed by atoms with Gasteiger partial charge < -0.3 is 15.0 Å². The average Bonchev–Trinajstić information content (AvgIpc) is 3.80. The van der Waals surface area contributed by atoms with Crippen LogP contribution >= 0.6 is 46.3 Å². The Hall–Kier alpha value is -4.17. The van der Waals surface area contributed by atoms with Crippen LogP contribution in [-0.4, -0.2) is 39.5 Å². The van der Waals surface area contributed by atoms with Crippen molar-refractivity contribution in [3.8, 4) is 5.75 Å². The van der Waals surface area contributed by atoms with E-state index in [1.165, 1.54) is 29.2 Å². The zero-order valence-electron chi connectivity index (χ0n) is 24.6. The lowest BCUT2D eigenvalue weighted by atomic mass is 9.68. The van der Waals surface area contributed by atoms with E-state index < -0.39 is 16.8 Å². The number of nitrogens with zero attached hydrogens (tertiary/aromatic N) is 2. The quantitative estimate of drug-likeness (QED) is 0.127. The molecule has 6 unspecified atom stereocenters. The largest absolute Gasteiger partial charge is 0.484 e. The maximum atomic E-state index is 14.0. The van der Waals surface area contributed by atoms with Crippen molar-refractivity contribution in [3.05, 3.63) is 107 Å². The van der Waals surface area contributed by atoms with Gasteiger partial charge in [-0.25, -0.2) is 0 Å². The fraction of sp³-hybridized carbons (Fsp3) is 0.273. The fourth-order valence-corrected chi connectivity index (χ4v) is 11.3. The second-order valence-corrected chi connectivity index (χ2v) is 15.3. The van der Waals surface area contributed by atoms with Gasteiger partial charge >= 0.3 is 4.87 Å². The van der Waals surface area contributed by atoms with Crippen molar-refractivity contribution in [2.75, 3.05) is 16.8 Å². The number of thioether (sulfide) groups is 1. The summed E-state index contributed by atoms with van der Waals surface area (Å²) in [6.45, 7) is -0.261. The SMILES string of the molecule is O=C(COc1cccc([C@H]2c3sc(=O)[nH]c3SC3C4CC(C5C(=O)N(c6ccc([N+](=O)[O-])cc6)C(=O)C45)C32)c1)Nc1ccc(Cl)c(Cl)c1. The number of anilines is 2. The lowest BCUT2D eigenvalue weighted by Gasteiger charge is -2.43. The summed E-state index contributed by atoms with van der Waals surface area (Å²) >= 11 is 14.8. The summed E-state index contributed by atoms with van der Waals surface area (Å²) < 4.78 is 5.89. The van der Waals surface area contributed by atoms with Crippen LogP contribution in [0.1, 0.15) is 22.8 Å². The third-order valence-electron chi connectivity index (χ3n) is 9.83. The third kappa shape index (κ3) is 5.02. The van der Waals surface area contributed by atoms with E-state index in [9.17, 15) is 29.3 Å². The molecule has 2 aliphatic carbocycles. The van der Waals surface area contributed by atoms with Crippen LogP contribution in [-0.2, 0) is 14.4 Å². The minimum atomic E-state index is -0.524. The third-order valence-corrected chi connectivity index (χ3v) is 13.2. The second kappa shape index (κ2) is 11.8. The fourth-order valence-electron chi connectivity index (χ4n) is 8.09. The molecule has 15 heteroatoms. The number of nitro groups is 1. The Morgan fingerprint density at radius 3 is 2.48 bits per heavy atom. The Bertz CT molecular complexity index is 2090. The molecule has 4 aliphatic rings. The molecule has 1 saturated heterocycles. The number of fused-ring (bicyclic) bond motifs is 9. The van der Waals surface area contributed by atoms with E-state index in [0.717, 1.165) is 26.8 Å². The smallest absolute Gasteiger partial charge is 0.305 e. The zero-order chi connectivity index (χ0) is 33.4. The van der Waals surface area contributed by atoms with Crippen LogP contribution in [0.5, 0.6) is 5.75 Å². The van der Waals surface area contributed by atoms with E-state index in [0.29, 0.717) is 33.6 Å². The highest BCUT2D eigenvalue weighted by Gasteiger charge is 2.69. The summed E-state index contributed by atoms with van der Waals surface area (Å²) in [5.74, 6) is -1.99. The predicted molar refractivity (Wildman–Crippen MR) is 181 cm³/mol. The molecule has 0 radical (unpaired) electrons. The van der Waals surface area contributed by atoms with Gasteiger partial charge in [0.2, 0.25) is 11.8 Å². The van der Waals surface area contributed by atoms with Crippen LogP contribution < -0.4 is 19.8 Å². The number of aromatic amines is 1. The molecule has 7 atom stereocenters. The molecular weight excluding hydrogens is 699 g/mol. The standard InChI is InChI=1S/C33H24Cl2N4O7S2/c34-21-9-4-15(11-22(21)35)36-23(40)13-46-18-3-1-2-14(10-18)24-25-19-12-20(28(25)47-30-29(24)48-33(43)37-30)27-26(19)31(41)38(32(27)42)16-5-7-17(8-6-16)39(44)45/h1-11,19-20,24-28H,12-13H2,(H,36,40)(H,37,43)/t19?,20?,24-,25?,26?,27?,28?/m1/s1. The van der Waals surface area contributed by atoms with Crippen molar-refractivity contribution < 1.29 is 24.0 Å². The van der Waals surface area contributed by atoms with Gasteiger partial charge in [-0.15, -0.1) is 11.8 Å². The number of non-ortho nitro benzene ring substituents is 1. The number of thiazole rings is 1. The van der Waals surface area contributed by atoms with E-state index in [2.05, 4.69) is 10.3 Å². The summed E-state index contributed by atoms with van der Waals surface area (Å²) in [5.41, 5.74) is 1.57. The average molecular weight is 724 g/mol. The molecule has 2 saturated carbocycles. The van der Waals surface area contributed by atoms with E-state index in [1.54, 1.807) is 36.0 Å². The van der Waals surface area contributed by atoms with Gasteiger partial charge in [0.1, 0.15) is 5.75 Å². The summed E-state index contributed by atoms with van der Waals surface area (Å²) in [6.07, 6.45) is 0.712. The Morgan fingerprint density at radius 1 is 1.00 bits per heavy atom. The van der Waals surface area contributed by atoms with Gasteiger partial charge in [-0.2, -0.15) is 0 Å². The van der Waals surface area contributed by atoms with Crippen molar-refractivity contribution in [1.29, 1.82) is 0 Å². The summed E-state index contributed by atoms with van der Waals surface area (Å²) in [5, 5.41) is 15.4. The van der Waals surface area contributed by atoms with E-state index in [-0.39, 0.29) is 63.8 Å². The van der Waals surface area contributed by atoms with Crippen LogP contribution in [0.4, 0.5) is 17.1 Å². The molecule has 4 aromatic rings. The highest BCUT2D eigenvalue weighted by molar-refractivity contribution is 8.00. The summed E-state index contributed by atoms with van der Waals surface area (Å²) in [6, 6.07) is 17.7. The van der Waals surface area contributed by atoms with Crippen LogP contribution in [0.3, 0.4) is 0 Å². The van der Waals surface area contributed by atoms with Crippen LogP contribution in [0.15, 0.2) is 76.6 Å². The highest BCUT2D eigenvalue weighted by atomic mass is 35.5. The molecule has 11 nitrogen and oxygen atoms in total. The van der Waals surface area contributed by atoms with Gasteiger partial charge in [0.05, 0.1) is 37.5 Å². The second-order valence-electron chi connectivity index (χ2n) is 12.3. The number of benzene rings is 3. The molecule has 3 amide bonds. The first-order valence-corrected chi connectivity index (χ1v) is 17.5. The van der Waals surface area contributed by atoms with Crippen LogP contribution in [0.25, 0.3) is 0 Å².